The fourth-order valence-electron chi connectivity index (χ4n) is 4.93. The maximum atomic E-state index is 13.8. The van der Waals surface area contributed by atoms with Crippen LogP contribution < -0.4 is 4.74 Å². The van der Waals surface area contributed by atoms with E-state index in [2.05, 4.69) is 12.1 Å². The van der Waals surface area contributed by atoms with Gasteiger partial charge in [-0.15, -0.1) is 0 Å². The molecule has 0 amide bonds. The minimum Gasteiger partial charge on any atom is -0.481 e. The molecule has 2 aliphatic rings. The van der Waals surface area contributed by atoms with Gasteiger partial charge in [-0.1, -0.05) is 6.07 Å². The fraction of sp³-hybridized carbons (Fsp3) is 0.500. The standard InChI is InChI=1S/C26H31F2O3S/c1-18-14-21(32-12-6-3-7-13-32)15-19(2)25(18)30-17-24(29)31-26(10-4-5-11-26)20-8-9-22(27)23(28)16-20/h8-9,14-16H,3-7,10-13,17H2,1-2H3/q+1. The van der Waals surface area contributed by atoms with Crippen LogP contribution in [0.2, 0.25) is 0 Å². The quantitative estimate of drug-likeness (QED) is 0.383. The van der Waals surface area contributed by atoms with Crippen molar-refractivity contribution in [3.63, 3.8) is 0 Å². The molecule has 172 valence electrons. The van der Waals surface area contributed by atoms with Gasteiger partial charge in [0.1, 0.15) is 22.9 Å². The van der Waals surface area contributed by atoms with E-state index in [1.165, 1.54) is 41.7 Å². The van der Waals surface area contributed by atoms with E-state index in [4.69, 9.17) is 9.47 Å². The van der Waals surface area contributed by atoms with Crippen LogP contribution in [0.5, 0.6) is 5.75 Å². The van der Waals surface area contributed by atoms with Crippen molar-refractivity contribution in [2.24, 2.45) is 0 Å². The highest BCUT2D eigenvalue weighted by atomic mass is 32.2. The molecule has 1 heterocycles. The molecule has 0 spiro atoms. The zero-order valence-corrected chi connectivity index (χ0v) is 19.7. The summed E-state index contributed by atoms with van der Waals surface area (Å²) in [5.74, 6) is 0.925. The molecule has 0 radical (unpaired) electrons. The molecule has 2 fully saturated rings. The van der Waals surface area contributed by atoms with E-state index in [0.29, 0.717) is 29.3 Å². The van der Waals surface area contributed by atoms with Crippen LogP contribution >= 0.6 is 0 Å². The van der Waals surface area contributed by atoms with Crippen molar-refractivity contribution in [2.45, 2.75) is 69.3 Å². The minimum absolute atomic E-state index is 0.210. The number of halogens is 2. The molecule has 1 saturated carbocycles. The summed E-state index contributed by atoms with van der Waals surface area (Å²) >= 11 is 0. The highest BCUT2D eigenvalue weighted by molar-refractivity contribution is 7.96. The van der Waals surface area contributed by atoms with Gasteiger partial charge < -0.3 is 9.47 Å². The van der Waals surface area contributed by atoms with Crippen LogP contribution in [-0.4, -0.2) is 24.1 Å². The van der Waals surface area contributed by atoms with E-state index in [-0.39, 0.29) is 6.61 Å². The van der Waals surface area contributed by atoms with Crippen LogP contribution in [0.4, 0.5) is 8.78 Å². The van der Waals surface area contributed by atoms with Crippen molar-refractivity contribution < 1.29 is 23.0 Å². The lowest BCUT2D eigenvalue weighted by Crippen LogP contribution is -2.32. The average Bonchev–Trinajstić information content (AvgIpc) is 3.25. The number of hydrogen-bond acceptors (Lipinski definition) is 3. The second-order valence-corrected chi connectivity index (χ2v) is 11.2. The van der Waals surface area contributed by atoms with Crippen molar-refractivity contribution >= 4 is 16.9 Å². The van der Waals surface area contributed by atoms with E-state index >= 15 is 0 Å². The summed E-state index contributed by atoms with van der Waals surface area (Å²) in [6.45, 7) is 3.83. The molecular formula is C26H31F2O3S+. The predicted molar refractivity (Wildman–Crippen MR) is 123 cm³/mol. The van der Waals surface area contributed by atoms with Gasteiger partial charge in [0, 0.05) is 10.9 Å². The van der Waals surface area contributed by atoms with Crippen molar-refractivity contribution in [1.29, 1.82) is 0 Å². The zero-order chi connectivity index (χ0) is 22.7. The molecular weight excluding hydrogens is 430 g/mol. The first-order chi connectivity index (χ1) is 15.4. The van der Waals surface area contributed by atoms with E-state index in [1.54, 1.807) is 0 Å². The summed E-state index contributed by atoms with van der Waals surface area (Å²) in [4.78, 5) is 14.1. The van der Waals surface area contributed by atoms with Gasteiger partial charge in [-0.2, -0.15) is 0 Å². The smallest absolute Gasteiger partial charge is 0.345 e. The van der Waals surface area contributed by atoms with Gasteiger partial charge in [-0.3, -0.25) is 0 Å². The first-order valence-electron chi connectivity index (χ1n) is 11.5. The second kappa shape index (κ2) is 9.82. The molecule has 3 nitrogen and oxygen atoms in total. The Bertz CT molecular complexity index is 956. The third kappa shape index (κ3) is 4.95. The fourth-order valence-corrected chi connectivity index (χ4v) is 7.39. The maximum absolute atomic E-state index is 13.8. The van der Waals surface area contributed by atoms with Crippen LogP contribution in [0, 0.1) is 25.5 Å². The van der Waals surface area contributed by atoms with Gasteiger partial charge in [0.15, 0.2) is 23.1 Å². The number of carbonyl (C=O) groups is 1. The van der Waals surface area contributed by atoms with Gasteiger partial charge in [0.2, 0.25) is 0 Å². The first kappa shape index (κ1) is 23.1. The second-order valence-electron chi connectivity index (χ2n) is 8.94. The lowest BCUT2D eigenvalue weighted by atomic mass is 9.91. The average molecular weight is 462 g/mol. The Balaban J connectivity index is 1.44. The van der Waals surface area contributed by atoms with Crippen molar-refractivity contribution in [1.82, 2.24) is 0 Å². The van der Waals surface area contributed by atoms with Gasteiger partial charge >= 0.3 is 5.97 Å². The van der Waals surface area contributed by atoms with Crippen molar-refractivity contribution in [3.05, 3.63) is 58.7 Å². The summed E-state index contributed by atoms with van der Waals surface area (Å²) in [6, 6.07) is 8.14. The predicted octanol–water partition coefficient (Wildman–Crippen LogP) is 6.13. The lowest BCUT2D eigenvalue weighted by molar-refractivity contribution is -0.163. The molecule has 1 saturated heterocycles. The highest BCUT2D eigenvalue weighted by Gasteiger charge is 2.40. The topological polar surface area (TPSA) is 35.5 Å². The molecule has 32 heavy (non-hydrogen) atoms. The van der Waals surface area contributed by atoms with Crippen molar-refractivity contribution in [2.75, 3.05) is 18.1 Å². The minimum atomic E-state index is -0.925. The van der Waals surface area contributed by atoms with Crippen molar-refractivity contribution in [3.8, 4) is 5.75 Å². The number of esters is 1. The SMILES string of the molecule is Cc1cc([S+]2CCCCC2)cc(C)c1OCC(=O)OC1(c2ccc(F)c(F)c2)CCCC1. The summed E-state index contributed by atoms with van der Waals surface area (Å²) < 4.78 is 39.0. The molecule has 1 aliphatic carbocycles. The molecule has 4 rings (SSSR count). The Labute approximate surface area is 191 Å². The molecule has 0 atom stereocenters. The molecule has 2 aromatic carbocycles. The van der Waals surface area contributed by atoms with Gasteiger partial charge in [0.25, 0.3) is 0 Å². The van der Waals surface area contributed by atoms with Gasteiger partial charge in [-0.05, 0) is 99.7 Å². The van der Waals surface area contributed by atoms with Crippen LogP contribution in [0.25, 0.3) is 0 Å². The number of rotatable bonds is 6. The highest BCUT2D eigenvalue weighted by Crippen LogP contribution is 2.42. The number of aryl methyl sites for hydroxylation is 2. The third-order valence-corrected chi connectivity index (χ3v) is 9.01. The number of carbonyl (C=O) groups excluding carboxylic acids is 1. The summed E-state index contributed by atoms with van der Waals surface area (Å²) in [7, 11) is 0.312. The Hall–Kier alpha value is -2.08. The molecule has 0 N–H and O–H groups in total. The Morgan fingerprint density at radius 3 is 2.22 bits per heavy atom. The summed E-state index contributed by atoms with van der Waals surface area (Å²) in [6.07, 6.45) is 6.86. The number of benzene rings is 2. The number of ether oxygens (including phenoxy) is 2. The van der Waals surface area contributed by atoms with E-state index in [1.807, 2.05) is 13.8 Å². The molecule has 2 aromatic rings. The maximum Gasteiger partial charge on any atom is 0.345 e. The Morgan fingerprint density at radius 2 is 1.59 bits per heavy atom. The van der Waals surface area contributed by atoms with Crippen LogP contribution in [0.3, 0.4) is 0 Å². The molecule has 6 heteroatoms. The van der Waals surface area contributed by atoms with Crippen LogP contribution in [0.1, 0.15) is 61.6 Å². The third-order valence-electron chi connectivity index (χ3n) is 6.55. The zero-order valence-electron chi connectivity index (χ0n) is 18.8. The largest absolute Gasteiger partial charge is 0.481 e. The van der Waals surface area contributed by atoms with E-state index in [9.17, 15) is 13.6 Å². The Kier molecular flexibility index (Phi) is 7.08. The molecule has 0 bridgehead atoms. The lowest BCUT2D eigenvalue weighted by Gasteiger charge is -2.30. The van der Waals surface area contributed by atoms with Gasteiger partial charge in [0.05, 0.1) is 0 Å². The van der Waals surface area contributed by atoms with E-state index < -0.39 is 23.2 Å². The Morgan fingerprint density at radius 1 is 0.938 bits per heavy atom. The summed E-state index contributed by atoms with van der Waals surface area (Å²) in [5.41, 5.74) is 1.65. The normalized spacial score (nSPS) is 18.5. The summed E-state index contributed by atoms with van der Waals surface area (Å²) in [5, 5.41) is 0. The monoisotopic (exact) mass is 461 g/mol. The molecule has 1 aliphatic heterocycles. The van der Waals surface area contributed by atoms with Crippen LogP contribution in [-0.2, 0) is 26.0 Å². The number of hydrogen-bond donors (Lipinski definition) is 0. The first-order valence-corrected chi connectivity index (χ1v) is 13.0. The van der Waals surface area contributed by atoms with Crippen LogP contribution in [0.15, 0.2) is 35.2 Å². The molecule has 0 unspecified atom stereocenters. The molecule has 0 aromatic heterocycles. The van der Waals surface area contributed by atoms with Gasteiger partial charge in [-0.25, -0.2) is 13.6 Å². The van der Waals surface area contributed by atoms with E-state index in [0.717, 1.165) is 41.9 Å².